The summed E-state index contributed by atoms with van der Waals surface area (Å²) in [6.45, 7) is 5.51. The number of hydrogen-bond acceptors (Lipinski definition) is 2. The average molecular weight is 271 g/mol. The Morgan fingerprint density at radius 3 is 2.80 bits per heavy atom. The van der Waals surface area contributed by atoms with Crippen molar-refractivity contribution in [1.82, 2.24) is 10.3 Å². The molecule has 3 heteroatoms. The van der Waals surface area contributed by atoms with Gasteiger partial charge in [-0.25, -0.2) is 0 Å². The quantitative estimate of drug-likeness (QED) is 0.859. The first-order chi connectivity index (χ1) is 7.26. The van der Waals surface area contributed by atoms with E-state index >= 15 is 0 Å². The van der Waals surface area contributed by atoms with E-state index in [9.17, 15) is 0 Å². The van der Waals surface area contributed by atoms with Gasteiger partial charge in [-0.3, -0.25) is 4.98 Å². The van der Waals surface area contributed by atoms with Gasteiger partial charge in [-0.05, 0) is 53.4 Å². The Labute approximate surface area is 101 Å². The van der Waals surface area contributed by atoms with Crippen molar-refractivity contribution >= 4 is 15.9 Å². The summed E-state index contributed by atoms with van der Waals surface area (Å²) in [6.07, 6.45) is 7.17. The molecule has 0 saturated carbocycles. The Morgan fingerprint density at radius 2 is 2.20 bits per heavy atom. The van der Waals surface area contributed by atoms with E-state index in [1.807, 2.05) is 12.4 Å². The normalized spacial score (nSPS) is 12.7. The highest BCUT2D eigenvalue weighted by Crippen LogP contribution is 2.12. The number of nitrogens with one attached hydrogen (secondary N) is 1. The van der Waals surface area contributed by atoms with Crippen molar-refractivity contribution in [2.24, 2.45) is 0 Å². The Kier molecular flexibility index (Phi) is 5.88. The minimum atomic E-state index is 0.570. The average Bonchev–Trinajstić information content (AvgIpc) is 2.24. The molecule has 0 bridgehead atoms. The molecule has 0 aliphatic carbocycles. The van der Waals surface area contributed by atoms with Crippen LogP contribution in [0.4, 0.5) is 0 Å². The predicted molar refractivity (Wildman–Crippen MR) is 68.0 cm³/mol. The molecule has 0 fully saturated rings. The van der Waals surface area contributed by atoms with Gasteiger partial charge < -0.3 is 5.32 Å². The maximum Gasteiger partial charge on any atom is 0.0410 e. The van der Waals surface area contributed by atoms with Crippen LogP contribution < -0.4 is 5.32 Å². The number of halogens is 1. The van der Waals surface area contributed by atoms with E-state index < -0.39 is 0 Å². The standard InChI is InChI=1S/C12H19BrN2/c1-3-5-15-12(4-2)7-10-6-11(13)9-14-8-10/h6,8-9,12,15H,3-5,7H2,1-2H3. The molecule has 1 rings (SSSR count). The molecule has 0 amide bonds. The third-order valence-electron chi connectivity index (χ3n) is 2.42. The van der Waals surface area contributed by atoms with Crippen LogP contribution in [0.2, 0.25) is 0 Å². The van der Waals surface area contributed by atoms with Crippen LogP contribution in [0.3, 0.4) is 0 Å². The lowest BCUT2D eigenvalue weighted by Gasteiger charge is -2.16. The van der Waals surface area contributed by atoms with Gasteiger partial charge in [-0.15, -0.1) is 0 Å². The predicted octanol–water partition coefficient (Wildman–Crippen LogP) is 3.16. The van der Waals surface area contributed by atoms with Crippen LogP contribution in [0.1, 0.15) is 32.3 Å². The van der Waals surface area contributed by atoms with E-state index in [0.29, 0.717) is 6.04 Å². The molecule has 0 aliphatic rings. The van der Waals surface area contributed by atoms with E-state index in [2.05, 4.69) is 46.1 Å². The SMILES string of the molecule is CCCNC(CC)Cc1cncc(Br)c1. The zero-order chi connectivity index (χ0) is 11.1. The van der Waals surface area contributed by atoms with Crippen molar-refractivity contribution < 1.29 is 0 Å². The van der Waals surface area contributed by atoms with E-state index in [1.54, 1.807) is 0 Å². The summed E-state index contributed by atoms with van der Waals surface area (Å²) in [5.74, 6) is 0. The first kappa shape index (κ1) is 12.7. The fourth-order valence-electron chi connectivity index (χ4n) is 1.56. The zero-order valence-electron chi connectivity index (χ0n) is 9.46. The molecule has 0 aliphatic heterocycles. The molecule has 0 saturated heterocycles. The highest BCUT2D eigenvalue weighted by atomic mass is 79.9. The van der Waals surface area contributed by atoms with Crippen LogP contribution in [0.25, 0.3) is 0 Å². The Bertz CT molecular complexity index is 289. The van der Waals surface area contributed by atoms with Gasteiger partial charge >= 0.3 is 0 Å². The van der Waals surface area contributed by atoms with Crippen LogP contribution in [0.15, 0.2) is 22.9 Å². The maximum atomic E-state index is 4.18. The van der Waals surface area contributed by atoms with Crippen molar-refractivity contribution in [3.05, 3.63) is 28.5 Å². The summed E-state index contributed by atoms with van der Waals surface area (Å²) in [7, 11) is 0. The van der Waals surface area contributed by atoms with Crippen molar-refractivity contribution in [2.45, 2.75) is 39.2 Å². The largest absolute Gasteiger partial charge is 0.314 e. The Hall–Kier alpha value is -0.410. The molecule has 2 nitrogen and oxygen atoms in total. The second kappa shape index (κ2) is 6.96. The number of rotatable bonds is 6. The van der Waals surface area contributed by atoms with Gasteiger partial charge in [0.2, 0.25) is 0 Å². The second-order valence-electron chi connectivity index (χ2n) is 3.77. The third-order valence-corrected chi connectivity index (χ3v) is 2.85. The van der Waals surface area contributed by atoms with Gasteiger partial charge in [0.05, 0.1) is 0 Å². The van der Waals surface area contributed by atoms with Crippen molar-refractivity contribution in [3.8, 4) is 0 Å². The second-order valence-corrected chi connectivity index (χ2v) is 4.69. The molecule has 84 valence electrons. The highest BCUT2D eigenvalue weighted by Gasteiger charge is 2.06. The van der Waals surface area contributed by atoms with Gasteiger partial charge in [0.15, 0.2) is 0 Å². The molecule has 1 aromatic heterocycles. The van der Waals surface area contributed by atoms with Gasteiger partial charge in [0.25, 0.3) is 0 Å². The molecule has 15 heavy (non-hydrogen) atoms. The molecular weight excluding hydrogens is 252 g/mol. The highest BCUT2D eigenvalue weighted by molar-refractivity contribution is 9.10. The lowest BCUT2D eigenvalue weighted by molar-refractivity contribution is 0.494. The maximum absolute atomic E-state index is 4.18. The van der Waals surface area contributed by atoms with E-state index in [4.69, 9.17) is 0 Å². The lowest BCUT2D eigenvalue weighted by atomic mass is 10.1. The number of pyridine rings is 1. The summed E-state index contributed by atoms with van der Waals surface area (Å²) in [5.41, 5.74) is 1.29. The summed E-state index contributed by atoms with van der Waals surface area (Å²) >= 11 is 3.44. The number of aromatic nitrogens is 1. The first-order valence-corrected chi connectivity index (χ1v) is 6.38. The smallest absolute Gasteiger partial charge is 0.0410 e. The molecule has 1 heterocycles. The summed E-state index contributed by atoms with van der Waals surface area (Å²) in [6, 6.07) is 2.71. The summed E-state index contributed by atoms with van der Waals surface area (Å²) in [4.78, 5) is 4.18. The fourth-order valence-corrected chi connectivity index (χ4v) is 1.97. The molecule has 1 unspecified atom stereocenters. The van der Waals surface area contributed by atoms with Gasteiger partial charge in [-0.1, -0.05) is 13.8 Å². The Balaban J connectivity index is 2.50. The van der Waals surface area contributed by atoms with Gasteiger partial charge in [-0.2, -0.15) is 0 Å². The minimum absolute atomic E-state index is 0.570. The Morgan fingerprint density at radius 1 is 1.40 bits per heavy atom. The topological polar surface area (TPSA) is 24.9 Å². The molecule has 1 atom stereocenters. The first-order valence-electron chi connectivity index (χ1n) is 5.59. The molecule has 1 aromatic rings. The van der Waals surface area contributed by atoms with Crippen LogP contribution in [0.5, 0.6) is 0 Å². The molecule has 0 radical (unpaired) electrons. The fraction of sp³-hybridized carbons (Fsp3) is 0.583. The summed E-state index contributed by atoms with van der Waals surface area (Å²) in [5, 5.41) is 3.54. The van der Waals surface area contributed by atoms with Crippen molar-refractivity contribution in [3.63, 3.8) is 0 Å². The molecule has 1 N–H and O–H groups in total. The van der Waals surface area contributed by atoms with Gasteiger partial charge in [0.1, 0.15) is 0 Å². The van der Waals surface area contributed by atoms with Crippen LogP contribution in [-0.4, -0.2) is 17.6 Å². The van der Waals surface area contributed by atoms with E-state index in [0.717, 1.165) is 23.9 Å². The van der Waals surface area contributed by atoms with Crippen molar-refractivity contribution in [1.29, 1.82) is 0 Å². The van der Waals surface area contributed by atoms with Gasteiger partial charge in [0, 0.05) is 22.9 Å². The van der Waals surface area contributed by atoms with Crippen LogP contribution in [-0.2, 0) is 6.42 Å². The molecular formula is C12H19BrN2. The van der Waals surface area contributed by atoms with E-state index in [-0.39, 0.29) is 0 Å². The van der Waals surface area contributed by atoms with Crippen LogP contribution >= 0.6 is 15.9 Å². The zero-order valence-corrected chi connectivity index (χ0v) is 11.0. The minimum Gasteiger partial charge on any atom is -0.314 e. The van der Waals surface area contributed by atoms with Crippen LogP contribution in [0, 0.1) is 0 Å². The monoisotopic (exact) mass is 270 g/mol. The number of hydrogen-bond donors (Lipinski definition) is 1. The lowest BCUT2D eigenvalue weighted by Crippen LogP contribution is -2.31. The summed E-state index contributed by atoms with van der Waals surface area (Å²) < 4.78 is 1.06. The molecule has 0 spiro atoms. The van der Waals surface area contributed by atoms with Crippen molar-refractivity contribution in [2.75, 3.05) is 6.54 Å². The third kappa shape index (κ3) is 4.76. The van der Waals surface area contributed by atoms with E-state index in [1.165, 1.54) is 12.0 Å². The molecule has 0 aromatic carbocycles. The number of nitrogens with zero attached hydrogens (tertiary/aromatic N) is 1.